The summed E-state index contributed by atoms with van der Waals surface area (Å²) in [5.41, 5.74) is 5.91. The Hall–Kier alpha value is -0.580. The number of halogens is 1. The van der Waals surface area contributed by atoms with Crippen LogP contribution in [0.1, 0.15) is 64.7 Å². The highest BCUT2D eigenvalue weighted by Crippen LogP contribution is 2.35. The molecule has 1 heterocycles. The van der Waals surface area contributed by atoms with E-state index in [1.807, 2.05) is 6.92 Å². The Balaban J connectivity index is 0.00000288. The lowest BCUT2D eigenvalue weighted by Crippen LogP contribution is -2.43. The number of carbonyl (C=O) groups is 1. The maximum atomic E-state index is 12.1. The molecule has 2 N–H and O–H groups in total. The summed E-state index contributed by atoms with van der Waals surface area (Å²) >= 11 is 0. The maximum Gasteiger partial charge on any atom is 0.323 e. The quantitative estimate of drug-likeness (QED) is 0.595. The van der Waals surface area contributed by atoms with Crippen LogP contribution in [0.4, 0.5) is 0 Å². The molecule has 2 fully saturated rings. The van der Waals surface area contributed by atoms with Crippen molar-refractivity contribution in [1.29, 1.82) is 0 Å². The van der Waals surface area contributed by atoms with Crippen molar-refractivity contribution in [2.24, 2.45) is 17.6 Å². The van der Waals surface area contributed by atoms with Gasteiger partial charge in [-0.1, -0.05) is 44.6 Å². The Morgan fingerprint density at radius 3 is 2.50 bits per heavy atom. The smallest absolute Gasteiger partial charge is 0.323 e. The number of nitrogens with two attached hydrogens (primary N) is 1. The third kappa shape index (κ3) is 6.38. The van der Waals surface area contributed by atoms with E-state index in [2.05, 4.69) is 6.58 Å². The molecule has 140 valence electrons. The van der Waals surface area contributed by atoms with Gasteiger partial charge in [-0.3, -0.25) is 4.79 Å². The molecule has 24 heavy (non-hydrogen) atoms. The average Bonchev–Trinajstić information content (AvgIpc) is 3.03. The number of hydrogen-bond acceptors (Lipinski definition) is 4. The van der Waals surface area contributed by atoms with Crippen LogP contribution in [0.15, 0.2) is 12.7 Å². The molecule has 4 nitrogen and oxygen atoms in total. The van der Waals surface area contributed by atoms with E-state index in [-0.39, 0.29) is 30.6 Å². The van der Waals surface area contributed by atoms with Crippen molar-refractivity contribution in [2.45, 2.75) is 83.0 Å². The van der Waals surface area contributed by atoms with E-state index in [4.69, 9.17) is 15.2 Å². The molecular formula is C19H34ClNO3. The molecule has 0 bridgehead atoms. The second-order valence-electron chi connectivity index (χ2n) is 7.27. The van der Waals surface area contributed by atoms with E-state index >= 15 is 0 Å². The van der Waals surface area contributed by atoms with Gasteiger partial charge in [0.05, 0.1) is 12.7 Å². The van der Waals surface area contributed by atoms with E-state index < -0.39 is 6.04 Å². The van der Waals surface area contributed by atoms with Crippen LogP contribution in [0.3, 0.4) is 0 Å². The van der Waals surface area contributed by atoms with Crippen LogP contribution in [0.2, 0.25) is 0 Å². The Morgan fingerprint density at radius 1 is 1.21 bits per heavy atom. The van der Waals surface area contributed by atoms with E-state index in [9.17, 15) is 4.79 Å². The van der Waals surface area contributed by atoms with Gasteiger partial charge in [-0.15, -0.1) is 19.0 Å². The molecule has 0 radical (unpaired) electrons. The average molecular weight is 360 g/mol. The Morgan fingerprint density at radius 2 is 1.83 bits per heavy atom. The largest absolute Gasteiger partial charge is 0.459 e. The van der Waals surface area contributed by atoms with Gasteiger partial charge in [0.25, 0.3) is 0 Å². The Kier molecular flexibility index (Phi) is 9.94. The molecule has 2 rings (SSSR count). The van der Waals surface area contributed by atoms with Gasteiger partial charge in [0.15, 0.2) is 0 Å². The van der Waals surface area contributed by atoms with E-state index in [0.29, 0.717) is 12.5 Å². The predicted octanol–water partition coefficient (Wildman–Crippen LogP) is 4.01. The minimum absolute atomic E-state index is 0. The summed E-state index contributed by atoms with van der Waals surface area (Å²) in [6.07, 6.45) is 12.0. The minimum Gasteiger partial charge on any atom is -0.459 e. The lowest BCUT2D eigenvalue weighted by atomic mass is 9.83. The van der Waals surface area contributed by atoms with Crippen LogP contribution >= 0.6 is 12.4 Å². The third-order valence-corrected chi connectivity index (χ3v) is 5.39. The molecule has 2 aliphatic rings. The first-order valence-corrected chi connectivity index (χ1v) is 9.30. The van der Waals surface area contributed by atoms with Crippen molar-refractivity contribution in [3.63, 3.8) is 0 Å². The Labute approximate surface area is 152 Å². The first-order chi connectivity index (χ1) is 11.1. The fourth-order valence-electron chi connectivity index (χ4n) is 4.15. The number of carbonyl (C=O) groups excluding carboxylic acids is 1. The summed E-state index contributed by atoms with van der Waals surface area (Å²) in [5.74, 6) is 0.976. The van der Waals surface area contributed by atoms with Crippen molar-refractivity contribution in [2.75, 3.05) is 6.61 Å². The van der Waals surface area contributed by atoms with Gasteiger partial charge >= 0.3 is 5.97 Å². The van der Waals surface area contributed by atoms with Crippen molar-refractivity contribution in [1.82, 2.24) is 0 Å². The zero-order chi connectivity index (χ0) is 16.7. The highest BCUT2D eigenvalue weighted by molar-refractivity contribution is 5.85. The van der Waals surface area contributed by atoms with Crippen LogP contribution in [0.5, 0.6) is 0 Å². The second-order valence-corrected chi connectivity index (χ2v) is 7.27. The molecule has 0 amide bonds. The normalized spacial score (nSPS) is 32.7. The SMILES string of the molecule is C=CCO[C@@H]1[C@@H](CC2CCCC2)CCCC[C@H](N)C(=O)O[C@H]1C.Cl. The molecule has 1 aliphatic carbocycles. The molecule has 0 aromatic carbocycles. The summed E-state index contributed by atoms with van der Waals surface area (Å²) in [7, 11) is 0. The summed E-state index contributed by atoms with van der Waals surface area (Å²) in [6.45, 7) is 6.19. The third-order valence-electron chi connectivity index (χ3n) is 5.39. The van der Waals surface area contributed by atoms with Crippen molar-refractivity contribution in [3.05, 3.63) is 12.7 Å². The van der Waals surface area contributed by atoms with E-state index in [1.165, 1.54) is 32.1 Å². The molecule has 0 unspecified atom stereocenters. The van der Waals surface area contributed by atoms with Crippen molar-refractivity contribution >= 4 is 18.4 Å². The molecule has 1 saturated heterocycles. The summed E-state index contributed by atoms with van der Waals surface area (Å²) in [4.78, 5) is 12.1. The van der Waals surface area contributed by atoms with E-state index in [0.717, 1.165) is 31.6 Å². The summed E-state index contributed by atoms with van der Waals surface area (Å²) in [5, 5.41) is 0. The van der Waals surface area contributed by atoms with Crippen LogP contribution in [-0.2, 0) is 14.3 Å². The zero-order valence-corrected chi connectivity index (χ0v) is 15.8. The minimum atomic E-state index is -0.496. The summed E-state index contributed by atoms with van der Waals surface area (Å²) < 4.78 is 11.7. The molecule has 0 aromatic rings. The van der Waals surface area contributed by atoms with Gasteiger partial charge in [-0.2, -0.15) is 0 Å². The fraction of sp³-hybridized carbons (Fsp3) is 0.842. The molecule has 5 heteroatoms. The van der Waals surface area contributed by atoms with Gasteiger partial charge in [0, 0.05) is 0 Å². The lowest BCUT2D eigenvalue weighted by molar-refractivity contribution is -0.161. The van der Waals surface area contributed by atoms with Crippen LogP contribution in [0, 0.1) is 11.8 Å². The van der Waals surface area contributed by atoms with Gasteiger partial charge in [0.2, 0.25) is 0 Å². The topological polar surface area (TPSA) is 61.5 Å². The first kappa shape index (κ1) is 21.5. The van der Waals surface area contributed by atoms with Gasteiger partial charge in [0.1, 0.15) is 12.1 Å². The van der Waals surface area contributed by atoms with Crippen LogP contribution in [-0.4, -0.2) is 30.8 Å². The predicted molar refractivity (Wildman–Crippen MR) is 99.2 cm³/mol. The number of esters is 1. The van der Waals surface area contributed by atoms with Crippen molar-refractivity contribution in [3.8, 4) is 0 Å². The van der Waals surface area contributed by atoms with E-state index in [1.54, 1.807) is 6.08 Å². The van der Waals surface area contributed by atoms with Crippen LogP contribution in [0.25, 0.3) is 0 Å². The lowest BCUT2D eigenvalue weighted by Gasteiger charge is -2.34. The zero-order valence-electron chi connectivity index (χ0n) is 15.0. The fourth-order valence-corrected chi connectivity index (χ4v) is 4.15. The second kappa shape index (κ2) is 11.1. The molecular weight excluding hydrogens is 326 g/mol. The standard InChI is InChI=1S/C19H33NO3.ClH/c1-3-12-22-18-14(2)23-19(21)17(20)11-7-6-10-16(18)13-15-8-4-5-9-15;/h3,14-18H,1,4-13,20H2,2H3;1H/t14-,16+,17-,18-;/m0./s1. The number of hydrogen-bond donors (Lipinski definition) is 1. The number of cyclic esters (lactones) is 1. The molecule has 0 aromatic heterocycles. The monoisotopic (exact) mass is 359 g/mol. The molecule has 0 spiro atoms. The Bertz CT molecular complexity index is 385. The van der Waals surface area contributed by atoms with Gasteiger partial charge in [-0.25, -0.2) is 0 Å². The number of ether oxygens (including phenoxy) is 2. The van der Waals surface area contributed by atoms with Gasteiger partial charge < -0.3 is 15.2 Å². The summed E-state index contributed by atoms with van der Waals surface area (Å²) in [6, 6.07) is -0.496. The van der Waals surface area contributed by atoms with Crippen molar-refractivity contribution < 1.29 is 14.3 Å². The highest BCUT2D eigenvalue weighted by atomic mass is 35.5. The first-order valence-electron chi connectivity index (χ1n) is 9.30. The maximum absolute atomic E-state index is 12.1. The molecule has 1 aliphatic heterocycles. The number of rotatable bonds is 5. The molecule has 1 saturated carbocycles. The molecule has 4 atom stereocenters. The van der Waals surface area contributed by atoms with Crippen LogP contribution < -0.4 is 5.73 Å². The highest BCUT2D eigenvalue weighted by Gasteiger charge is 2.34. The van der Waals surface area contributed by atoms with Gasteiger partial charge in [-0.05, 0) is 38.0 Å².